The summed E-state index contributed by atoms with van der Waals surface area (Å²) in [7, 11) is 0. The molecule has 1 aliphatic heterocycles. The van der Waals surface area contributed by atoms with Crippen LogP contribution in [0.4, 0.5) is 0 Å². The van der Waals surface area contributed by atoms with Crippen LogP contribution in [0.15, 0.2) is 0 Å². The van der Waals surface area contributed by atoms with E-state index in [0.717, 1.165) is 0 Å². The number of aliphatic hydroxyl groups excluding tert-OH is 3. The standard InChI is InChI=1S/C8H16O5/c1-4(2)13-7-6(10)5(9)3-12-8(7)11/h4-11H,3H2,1-2H3/t5-,6+,7+,8?/m1/s1. The van der Waals surface area contributed by atoms with E-state index in [0.29, 0.717) is 0 Å². The van der Waals surface area contributed by atoms with Gasteiger partial charge in [0.15, 0.2) is 6.29 Å². The van der Waals surface area contributed by atoms with Crippen molar-refractivity contribution in [2.75, 3.05) is 6.61 Å². The molecule has 0 amide bonds. The van der Waals surface area contributed by atoms with Gasteiger partial charge in [-0.15, -0.1) is 0 Å². The third-order valence-electron chi connectivity index (χ3n) is 1.88. The van der Waals surface area contributed by atoms with Crippen LogP contribution < -0.4 is 0 Å². The van der Waals surface area contributed by atoms with Crippen molar-refractivity contribution in [2.45, 2.75) is 44.6 Å². The Morgan fingerprint density at radius 3 is 2.46 bits per heavy atom. The zero-order valence-electron chi connectivity index (χ0n) is 7.75. The predicted octanol–water partition coefficient (Wildman–Crippen LogP) is -1.15. The van der Waals surface area contributed by atoms with Crippen LogP contribution in [0.25, 0.3) is 0 Å². The van der Waals surface area contributed by atoms with Gasteiger partial charge >= 0.3 is 0 Å². The normalized spacial score (nSPS) is 41.1. The molecule has 1 heterocycles. The first kappa shape index (κ1) is 10.9. The van der Waals surface area contributed by atoms with Crippen molar-refractivity contribution in [3.63, 3.8) is 0 Å². The predicted molar refractivity (Wildman–Crippen MR) is 44.0 cm³/mol. The minimum Gasteiger partial charge on any atom is -0.388 e. The molecule has 78 valence electrons. The highest BCUT2D eigenvalue weighted by Gasteiger charge is 2.39. The summed E-state index contributed by atoms with van der Waals surface area (Å²) in [6.45, 7) is 3.49. The molecule has 0 aromatic rings. The van der Waals surface area contributed by atoms with Crippen LogP contribution in [-0.2, 0) is 9.47 Å². The molecule has 0 bridgehead atoms. The second kappa shape index (κ2) is 4.34. The second-order valence-corrected chi connectivity index (χ2v) is 3.43. The molecule has 1 unspecified atom stereocenters. The molecule has 0 aromatic heterocycles. The van der Waals surface area contributed by atoms with Gasteiger partial charge in [-0.1, -0.05) is 0 Å². The van der Waals surface area contributed by atoms with Crippen molar-refractivity contribution >= 4 is 0 Å². The van der Waals surface area contributed by atoms with E-state index < -0.39 is 24.6 Å². The average molecular weight is 192 g/mol. The van der Waals surface area contributed by atoms with Crippen molar-refractivity contribution in [1.29, 1.82) is 0 Å². The maximum absolute atomic E-state index is 9.44. The Balaban J connectivity index is 2.55. The molecular weight excluding hydrogens is 176 g/mol. The van der Waals surface area contributed by atoms with Gasteiger partial charge in [-0.05, 0) is 13.8 Å². The summed E-state index contributed by atoms with van der Waals surface area (Å²) in [5.74, 6) is 0. The number of rotatable bonds is 2. The van der Waals surface area contributed by atoms with E-state index in [1.807, 2.05) is 0 Å². The monoisotopic (exact) mass is 192 g/mol. The zero-order chi connectivity index (χ0) is 10.0. The Morgan fingerprint density at radius 2 is 1.92 bits per heavy atom. The van der Waals surface area contributed by atoms with Crippen LogP contribution in [0.1, 0.15) is 13.8 Å². The van der Waals surface area contributed by atoms with E-state index in [2.05, 4.69) is 0 Å². The minimum atomic E-state index is -1.17. The lowest BCUT2D eigenvalue weighted by molar-refractivity contribution is -0.271. The molecule has 13 heavy (non-hydrogen) atoms. The van der Waals surface area contributed by atoms with Crippen molar-refractivity contribution in [3.05, 3.63) is 0 Å². The molecule has 0 aliphatic carbocycles. The van der Waals surface area contributed by atoms with Gasteiger partial charge < -0.3 is 24.8 Å². The first-order valence-electron chi connectivity index (χ1n) is 4.33. The summed E-state index contributed by atoms with van der Waals surface area (Å²) in [5, 5.41) is 27.9. The highest BCUT2D eigenvalue weighted by molar-refractivity contribution is 4.83. The molecule has 0 radical (unpaired) electrons. The molecular formula is C8H16O5. The molecule has 4 atom stereocenters. The second-order valence-electron chi connectivity index (χ2n) is 3.43. The molecule has 1 saturated heterocycles. The van der Waals surface area contributed by atoms with Crippen LogP contribution >= 0.6 is 0 Å². The smallest absolute Gasteiger partial charge is 0.183 e. The summed E-state index contributed by atoms with van der Waals surface area (Å²) in [4.78, 5) is 0. The van der Waals surface area contributed by atoms with E-state index in [9.17, 15) is 15.3 Å². The van der Waals surface area contributed by atoms with Crippen LogP contribution in [0.5, 0.6) is 0 Å². The summed E-state index contributed by atoms with van der Waals surface area (Å²) in [5.41, 5.74) is 0. The summed E-state index contributed by atoms with van der Waals surface area (Å²) >= 11 is 0. The maximum Gasteiger partial charge on any atom is 0.183 e. The maximum atomic E-state index is 9.44. The van der Waals surface area contributed by atoms with Crippen molar-refractivity contribution in [2.24, 2.45) is 0 Å². The Labute approximate surface area is 76.9 Å². The molecule has 1 aliphatic rings. The summed E-state index contributed by atoms with van der Waals surface area (Å²) < 4.78 is 10.00. The highest BCUT2D eigenvalue weighted by Crippen LogP contribution is 2.18. The number of hydrogen-bond donors (Lipinski definition) is 3. The number of hydrogen-bond acceptors (Lipinski definition) is 5. The fraction of sp³-hybridized carbons (Fsp3) is 1.00. The minimum absolute atomic E-state index is 0.0692. The van der Waals surface area contributed by atoms with Crippen molar-refractivity contribution < 1.29 is 24.8 Å². The molecule has 1 rings (SSSR count). The quantitative estimate of drug-likeness (QED) is 0.515. The average Bonchev–Trinajstić information content (AvgIpc) is 2.05. The first-order chi connectivity index (χ1) is 6.02. The van der Waals surface area contributed by atoms with Crippen LogP contribution in [0, 0.1) is 0 Å². The molecule has 0 saturated carbocycles. The Hall–Kier alpha value is -0.200. The van der Waals surface area contributed by atoms with Crippen LogP contribution in [0.3, 0.4) is 0 Å². The fourth-order valence-corrected chi connectivity index (χ4v) is 1.24. The molecule has 3 N–H and O–H groups in total. The number of ether oxygens (including phenoxy) is 2. The third-order valence-corrected chi connectivity index (χ3v) is 1.88. The number of aliphatic hydroxyl groups is 3. The van der Waals surface area contributed by atoms with Gasteiger partial charge in [0.25, 0.3) is 0 Å². The Bertz CT molecular complexity index is 161. The van der Waals surface area contributed by atoms with Crippen LogP contribution in [-0.4, -0.2) is 52.6 Å². The van der Waals surface area contributed by atoms with Gasteiger partial charge in [0.05, 0.1) is 12.7 Å². The van der Waals surface area contributed by atoms with Gasteiger partial charge in [0.2, 0.25) is 0 Å². The zero-order valence-corrected chi connectivity index (χ0v) is 7.75. The molecule has 5 heteroatoms. The SMILES string of the molecule is CC(C)O[C@@H]1C(O)OC[C@@H](O)[C@@H]1O. The van der Waals surface area contributed by atoms with Gasteiger partial charge in [-0.2, -0.15) is 0 Å². The van der Waals surface area contributed by atoms with Crippen LogP contribution in [0.2, 0.25) is 0 Å². The fourth-order valence-electron chi connectivity index (χ4n) is 1.24. The van der Waals surface area contributed by atoms with Gasteiger partial charge in [-0.3, -0.25) is 0 Å². The molecule has 1 fully saturated rings. The van der Waals surface area contributed by atoms with E-state index in [4.69, 9.17) is 9.47 Å². The summed E-state index contributed by atoms with van der Waals surface area (Å²) in [6, 6.07) is 0. The lowest BCUT2D eigenvalue weighted by Gasteiger charge is -2.36. The summed E-state index contributed by atoms with van der Waals surface area (Å²) in [6.07, 6.45) is -4.26. The Kier molecular flexibility index (Phi) is 3.63. The Morgan fingerprint density at radius 1 is 1.31 bits per heavy atom. The van der Waals surface area contributed by atoms with E-state index in [-0.39, 0.29) is 12.7 Å². The third kappa shape index (κ3) is 2.62. The van der Waals surface area contributed by atoms with Gasteiger partial charge in [0, 0.05) is 0 Å². The largest absolute Gasteiger partial charge is 0.388 e. The van der Waals surface area contributed by atoms with Crippen molar-refractivity contribution in [1.82, 2.24) is 0 Å². The lowest BCUT2D eigenvalue weighted by Crippen LogP contribution is -2.54. The molecule has 5 nitrogen and oxygen atoms in total. The topological polar surface area (TPSA) is 79.2 Å². The van der Waals surface area contributed by atoms with E-state index in [1.54, 1.807) is 13.8 Å². The lowest BCUT2D eigenvalue weighted by atomic mass is 10.1. The highest BCUT2D eigenvalue weighted by atomic mass is 16.6. The first-order valence-corrected chi connectivity index (χ1v) is 4.33. The van der Waals surface area contributed by atoms with Gasteiger partial charge in [0.1, 0.15) is 18.3 Å². The molecule has 0 aromatic carbocycles. The van der Waals surface area contributed by atoms with Crippen molar-refractivity contribution in [3.8, 4) is 0 Å². The molecule has 0 spiro atoms. The van der Waals surface area contributed by atoms with E-state index >= 15 is 0 Å². The van der Waals surface area contributed by atoms with E-state index in [1.165, 1.54) is 0 Å². The van der Waals surface area contributed by atoms with Gasteiger partial charge in [-0.25, -0.2) is 0 Å².